The Kier molecular flexibility index (Phi) is 4.66. The molecule has 0 unspecified atom stereocenters. The highest BCUT2D eigenvalue weighted by molar-refractivity contribution is 7.89. The molecule has 3 fully saturated rings. The fraction of sp³-hybridized carbons (Fsp3) is 0.545. The van der Waals surface area contributed by atoms with Crippen molar-refractivity contribution in [3.8, 4) is 11.6 Å². The maximum atomic E-state index is 13.3. The molecule has 164 valence electrons. The second-order valence-electron chi connectivity index (χ2n) is 8.91. The van der Waals surface area contributed by atoms with Gasteiger partial charge >= 0.3 is 0 Å². The maximum Gasteiger partial charge on any atom is 0.243 e. The number of fused-ring (bicyclic) bond motifs is 2. The van der Waals surface area contributed by atoms with E-state index in [0.29, 0.717) is 42.9 Å². The van der Waals surface area contributed by atoms with E-state index >= 15 is 0 Å². The zero-order valence-electron chi connectivity index (χ0n) is 17.3. The van der Waals surface area contributed by atoms with Crippen molar-refractivity contribution in [2.45, 2.75) is 48.6 Å². The van der Waals surface area contributed by atoms with Gasteiger partial charge in [-0.3, -0.25) is 9.88 Å². The molecule has 2 saturated heterocycles. The van der Waals surface area contributed by atoms with Crippen LogP contribution >= 0.6 is 0 Å². The Labute approximate surface area is 182 Å². The average Bonchev–Trinajstić information content (AvgIpc) is 3.38. The Morgan fingerprint density at radius 1 is 1.10 bits per heavy atom. The summed E-state index contributed by atoms with van der Waals surface area (Å²) in [6.07, 6.45) is 7.50. The number of benzene rings is 1. The molecule has 0 amide bonds. The van der Waals surface area contributed by atoms with Crippen LogP contribution in [-0.2, 0) is 16.4 Å². The first-order chi connectivity index (χ1) is 15.1. The number of nitrogens with zero attached hydrogens (tertiary/aromatic N) is 4. The highest BCUT2D eigenvalue weighted by Crippen LogP contribution is 2.38. The van der Waals surface area contributed by atoms with Gasteiger partial charge < -0.3 is 9.47 Å². The second kappa shape index (κ2) is 7.43. The molecule has 1 saturated carbocycles. The lowest BCUT2D eigenvalue weighted by atomic mass is 10.2. The predicted octanol–water partition coefficient (Wildman–Crippen LogP) is 1.82. The van der Waals surface area contributed by atoms with Crippen LogP contribution in [0.1, 0.15) is 36.4 Å². The van der Waals surface area contributed by atoms with Crippen molar-refractivity contribution in [1.29, 1.82) is 0 Å². The zero-order valence-corrected chi connectivity index (χ0v) is 18.1. The molecule has 3 aliphatic heterocycles. The molecular weight excluding hydrogens is 416 g/mol. The first kappa shape index (κ1) is 19.5. The summed E-state index contributed by atoms with van der Waals surface area (Å²) >= 11 is 0. The Morgan fingerprint density at radius 2 is 2.00 bits per heavy atom. The molecule has 9 heteroatoms. The van der Waals surface area contributed by atoms with Crippen LogP contribution in [0.25, 0.3) is 0 Å². The number of piperazine rings is 1. The van der Waals surface area contributed by atoms with Crippen molar-refractivity contribution in [1.82, 2.24) is 19.2 Å². The number of rotatable bonds is 5. The van der Waals surface area contributed by atoms with Gasteiger partial charge in [-0.1, -0.05) is 0 Å². The van der Waals surface area contributed by atoms with E-state index in [4.69, 9.17) is 9.47 Å². The third kappa shape index (κ3) is 3.68. The smallest absolute Gasteiger partial charge is 0.243 e. The van der Waals surface area contributed by atoms with E-state index in [1.807, 2.05) is 6.20 Å². The SMILES string of the molecule is O=S(=O)(c1ccc2c(c1)CCO2)N1CCN2C[C@@H](Oc3cnc(C4CC4)cn3)C[C@H]2C1. The molecule has 1 aromatic heterocycles. The lowest BCUT2D eigenvalue weighted by Crippen LogP contribution is -2.51. The third-order valence-corrected chi connectivity index (χ3v) is 8.63. The summed E-state index contributed by atoms with van der Waals surface area (Å²) < 4.78 is 39.7. The molecule has 0 radical (unpaired) electrons. The molecule has 1 aliphatic carbocycles. The van der Waals surface area contributed by atoms with Gasteiger partial charge in [0.15, 0.2) is 0 Å². The van der Waals surface area contributed by atoms with Gasteiger partial charge in [-0.25, -0.2) is 13.4 Å². The van der Waals surface area contributed by atoms with Crippen molar-refractivity contribution < 1.29 is 17.9 Å². The Bertz CT molecular complexity index is 1090. The Balaban J connectivity index is 1.12. The topological polar surface area (TPSA) is 84.9 Å². The maximum absolute atomic E-state index is 13.3. The van der Waals surface area contributed by atoms with Gasteiger partial charge in [0.05, 0.1) is 29.6 Å². The van der Waals surface area contributed by atoms with Crippen molar-refractivity contribution in [3.63, 3.8) is 0 Å². The summed E-state index contributed by atoms with van der Waals surface area (Å²) in [5.74, 6) is 1.93. The number of hydrogen-bond acceptors (Lipinski definition) is 7. The minimum atomic E-state index is -3.52. The van der Waals surface area contributed by atoms with Gasteiger partial charge in [0.2, 0.25) is 15.9 Å². The monoisotopic (exact) mass is 442 g/mol. The minimum absolute atomic E-state index is 0.00544. The fourth-order valence-electron chi connectivity index (χ4n) is 4.89. The molecule has 4 aliphatic rings. The molecule has 0 spiro atoms. The summed E-state index contributed by atoms with van der Waals surface area (Å²) in [5.41, 5.74) is 2.03. The Hall–Kier alpha value is -2.23. The minimum Gasteiger partial charge on any atom is -0.493 e. The highest BCUT2D eigenvalue weighted by atomic mass is 32.2. The molecule has 4 heterocycles. The first-order valence-corrected chi connectivity index (χ1v) is 12.5. The van der Waals surface area contributed by atoms with Crippen LogP contribution in [0.2, 0.25) is 0 Å². The number of aromatic nitrogens is 2. The summed E-state index contributed by atoms with van der Waals surface area (Å²) in [7, 11) is -3.52. The standard InChI is InChI=1S/C22H26N4O4S/c27-31(28,19-3-4-21-16(9-19)5-8-29-21)26-7-6-25-14-18(10-17(25)13-26)30-22-12-23-20(11-24-22)15-1-2-15/h3-4,9,11-12,15,17-18H,1-2,5-8,10,13-14H2/t17-,18-/m0/s1. The average molecular weight is 443 g/mol. The molecule has 31 heavy (non-hydrogen) atoms. The van der Waals surface area contributed by atoms with Crippen LogP contribution in [0.4, 0.5) is 0 Å². The lowest BCUT2D eigenvalue weighted by Gasteiger charge is -2.36. The molecule has 1 aromatic carbocycles. The van der Waals surface area contributed by atoms with Crippen LogP contribution < -0.4 is 9.47 Å². The lowest BCUT2D eigenvalue weighted by molar-refractivity contribution is 0.151. The molecule has 6 rings (SSSR count). The molecule has 8 nitrogen and oxygen atoms in total. The van der Waals surface area contributed by atoms with E-state index in [2.05, 4.69) is 14.9 Å². The first-order valence-electron chi connectivity index (χ1n) is 11.0. The van der Waals surface area contributed by atoms with Crippen molar-refractivity contribution >= 4 is 10.0 Å². The van der Waals surface area contributed by atoms with Crippen LogP contribution in [0.3, 0.4) is 0 Å². The highest BCUT2D eigenvalue weighted by Gasteiger charge is 2.41. The molecule has 2 aromatic rings. The van der Waals surface area contributed by atoms with Crippen LogP contribution in [0.15, 0.2) is 35.5 Å². The van der Waals surface area contributed by atoms with Gasteiger partial charge in [-0.05, 0) is 36.6 Å². The molecule has 2 atom stereocenters. The van der Waals surface area contributed by atoms with Crippen LogP contribution in [0, 0.1) is 0 Å². The molecule has 0 bridgehead atoms. The van der Waals surface area contributed by atoms with Crippen molar-refractivity contribution in [2.24, 2.45) is 0 Å². The van der Waals surface area contributed by atoms with Gasteiger partial charge in [-0.15, -0.1) is 0 Å². The van der Waals surface area contributed by atoms with Crippen molar-refractivity contribution in [2.75, 3.05) is 32.8 Å². The summed E-state index contributed by atoms with van der Waals surface area (Å²) in [5, 5.41) is 0. The third-order valence-electron chi connectivity index (χ3n) is 6.77. The van der Waals surface area contributed by atoms with E-state index < -0.39 is 10.0 Å². The second-order valence-corrected chi connectivity index (χ2v) is 10.8. The van der Waals surface area contributed by atoms with E-state index in [1.165, 1.54) is 12.8 Å². The Morgan fingerprint density at radius 3 is 2.81 bits per heavy atom. The van der Waals surface area contributed by atoms with E-state index in [0.717, 1.165) is 36.4 Å². The van der Waals surface area contributed by atoms with Crippen LogP contribution in [-0.4, -0.2) is 72.5 Å². The van der Waals surface area contributed by atoms with Crippen molar-refractivity contribution in [3.05, 3.63) is 41.9 Å². The van der Waals surface area contributed by atoms with Gasteiger partial charge in [0, 0.05) is 51.0 Å². The van der Waals surface area contributed by atoms with E-state index in [9.17, 15) is 8.42 Å². The summed E-state index contributed by atoms with van der Waals surface area (Å²) in [6.45, 7) is 3.11. The van der Waals surface area contributed by atoms with Gasteiger partial charge in [0.25, 0.3) is 0 Å². The quantitative estimate of drug-likeness (QED) is 0.698. The largest absolute Gasteiger partial charge is 0.493 e. The fourth-order valence-corrected chi connectivity index (χ4v) is 6.41. The number of sulfonamides is 1. The normalized spacial score (nSPS) is 26.3. The molecular formula is C22H26N4O4S. The van der Waals surface area contributed by atoms with E-state index in [1.54, 1.807) is 28.7 Å². The zero-order chi connectivity index (χ0) is 21.0. The predicted molar refractivity (Wildman–Crippen MR) is 113 cm³/mol. The van der Waals surface area contributed by atoms with Gasteiger partial charge in [-0.2, -0.15) is 4.31 Å². The summed E-state index contributed by atoms with van der Waals surface area (Å²) in [4.78, 5) is 11.6. The van der Waals surface area contributed by atoms with E-state index in [-0.39, 0.29) is 12.1 Å². The number of hydrogen-bond donors (Lipinski definition) is 0. The van der Waals surface area contributed by atoms with Gasteiger partial charge in [0.1, 0.15) is 11.9 Å². The molecule has 0 N–H and O–H groups in total. The van der Waals surface area contributed by atoms with Crippen LogP contribution in [0.5, 0.6) is 11.6 Å². The summed E-state index contributed by atoms with van der Waals surface area (Å²) in [6, 6.07) is 5.37. The number of ether oxygens (including phenoxy) is 2.